The summed E-state index contributed by atoms with van der Waals surface area (Å²) in [7, 11) is 1.96. The minimum atomic E-state index is 0.214. The first kappa shape index (κ1) is 8.53. The van der Waals surface area contributed by atoms with E-state index in [4.69, 9.17) is 0 Å². The van der Waals surface area contributed by atoms with E-state index >= 15 is 0 Å². The molecule has 0 spiro atoms. The van der Waals surface area contributed by atoms with E-state index in [1.165, 1.54) is 6.42 Å². The molecule has 1 N–H and O–H groups in total. The summed E-state index contributed by atoms with van der Waals surface area (Å²) in [6.07, 6.45) is 1.19. The van der Waals surface area contributed by atoms with Crippen molar-refractivity contribution in [3.8, 4) is 0 Å². The Labute approximate surface area is 67.8 Å². The molecule has 1 amide bonds. The molecule has 0 atom stereocenters. The van der Waals surface area contributed by atoms with Crippen LogP contribution < -0.4 is 5.32 Å². The van der Waals surface area contributed by atoms with Gasteiger partial charge in [0, 0.05) is 20.0 Å². The van der Waals surface area contributed by atoms with E-state index in [2.05, 4.69) is 5.32 Å². The second-order valence-electron chi connectivity index (χ2n) is 3.18. The Balaban J connectivity index is 2.05. The zero-order valence-electron chi connectivity index (χ0n) is 7.26. The monoisotopic (exact) mass is 156 g/mol. The number of amides is 1. The van der Waals surface area contributed by atoms with Gasteiger partial charge in [0.2, 0.25) is 5.91 Å². The number of nitrogens with one attached hydrogen (secondary N) is 1. The van der Waals surface area contributed by atoms with Gasteiger partial charge in [0.25, 0.3) is 0 Å². The van der Waals surface area contributed by atoms with Crippen LogP contribution in [0.15, 0.2) is 0 Å². The minimum Gasteiger partial charge on any atom is -0.342 e. The van der Waals surface area contributed by atoms with E-state index in [-0.39, 0.29) is 5.91 Å². The van der Waals surface area contributed by atoms with Crippen LogP contribution in [0.2, 0.25) is 0 Å². The Morgan fingerprint density at radius 3 is 2.73 bits per heavy atom. The molecule has 1 saturated heterocycles. The van der Waals surface area contributed by atoms with Gasteiger partial charge in [-0.2, -0.15) is 0 Å². The number of rotatable bonds is 3. The quantitative estimate of drug-likeness (QED) is 0.627. The largest absolute Gasteiger partial charge is 0.342 e. The van der Waals surface area contributed by atoms with Gasteiger partial charge in [-0.3, -0.25) is 4.79 Å². The maximum Gasteiger partial charge on any atom is 0.219 e. The second kappa shape index (κ2) is 3.72. The third kappa shape index (κ3) is 2.19. The topological polar surface area (TPSA) is 32.3 Å². The molecule has 1 heterocycles. The highest BCUT2D eigenvalue weighted by Gasteiger charge is 2.27. The lowest BCUT2D eigenvalue weighted by atomic mass is 9.96. The fourth-order valence-electron chi connectivity index (χ4n) is 1.36. The number of hydrogen-bond acceptors (Lipinski definition) is 2. The first-order valence-electron chi connectivity index (χ1n) is 4.14. The molecule has 0 bridgehead atoms. The molecule has 0 unspecified atom stereocenters. The van der Waals surface area contributed by atoms with E-state index in [0.29, 0.717) is 0 Å². The van der Waals surface area contributed by atoms with Crippen LogP contribution in [0.1, 0.15) is 13.3 Å². The van der Waals surface area contributed by atoms with Crippen molar-refractivity contribution in [2.75, 3.05) is 26.7 Å². The van der Waals surface area contributed by atoms with E-state index < -0.39 is 0 Å². The number of hydrogen-bond donors (Lipinski definition) is 1. The van der Waals surface area contributed by atoms with Crippen molar-refractivity contribution < 1.29 is 4.79 Å². The van der Waals surface area contributed by atoms with Gasteiger partial charge in [-0.05, 0) is 25.9 Å². The van der Waals surface area contributed by atoms with Crippen LogP contribution in [-0.4, -0.2) is 37.5 Å². The van der Waals surface area contributed by atoms with E-state index in [1.807, 2.05) is 11.9 Å². The van der Waals surface area contributed by atoms with Gasteiger partial charge in [-0.1, -0.05) is 0 Å². The summed E-state index contributed by atoms with van der Waals surface area (Å²) >= 11 is 0. The van der Waals surface area contributed by atoms with Gasteiger partial charge in [0.15, 0.2) is 0 Å². The summed E-state index contributed by atoms with van der Waals surface area (Å²) in [6, 6.07) is 0. The Morgan fingerprint density at radius 2 is 2.27 bits per heavy atom. The van der Waals surface area contributed by atoms with Crippen LogP contribution in [0.25, 0.3) is 0 Å². The van der Waals surface area contributed by atoms with Crippen molar-refractivity contribution in [2.45, 2.75) is 13.3 Å². The van der Waals surface area contributed by atoms with Gasteiger partial charge in [0.05, 0.1) is 0 Å². The molecule has 1 fully saturated rings. The van der Waals surface area contributed by atoms with Crippen molar-refractivity contribution in [1.29, 1.82) is 0 Å². The molecule has 0 radical (unpaired) electrons. The fourth-order valence-corrected chi connectivity index (χ4v) is 1.36. The van der Waals surface area contributed by atoms with Gasteiger partial charge < -0.3 is 10.2 Å². The molecule has 11 heavy (non-hydrogen) atoms. The molecule has 1 rings (SSSR count). The lowest BCUT2D eigenvalue weighted by molar-refractivity contribution is -0.135. The third-order valence-corrected chi connectivity index (χ3v) is 2.21. The van der Waals surface area contributed by atoms with Crippen LogP contribution in [0.5, 0.6) is 0 Å². The molecular weight excluding hydrogens is 140 g/mol. The lowest BCUT2D eigenvalue weighted by Crippen LogP contribution is -2.49. The number of carbonyl (C=O) groups is 1. The minimum absolute atomic E-state index is 0.214. The van der Waals surface area contributed by atoms with Crippen molar-refractivity contribution in [2.24, 2.45) is 5.92 Å². The maximum absolute atomic E-state index is 10.8. The maximum atomic E-state index is 10.8. The zero-order chi connectivity index (χ0) is 8.27. The lowest BCUT2D eigenvalue weighted by Gasteiger charge is -2.38. The van der Waals surface area contributed by atoms with Crippen molar-refractivity contribution in [3.63, 3.8) is 0 Å². The zero-order valence-corrected chi connectivity index (χ0v) is 7.26. The molecule has 3 heteroatoms. The summed E-state index contributed by atoms with van der Waals surface area (Å²) in [5, 5.41) is 3.11. The Kier molecular flexibility index (Phi) is 2.88. The molecular formula is C8H16N2O. The highest BCUT2D eigenvalue weighted by Crippen LogP contribution is 2.17. The third-order valence-electron chi connectivity index (χ3n) is 2.21. The van der Waals surface area contributed by atoms with Gasteiger partial charge in [0.1, 0.15) is 0 Å². The molecule has 0 aromatic heterocycles. The van der Waals surface area contributed by atoms with Crippen LogP contribution in [0.4, 0.5) is 0 Å². The number of likely N-dealkylation sites (tertiary alicyclic amines) is 1. The SMILES string of the molecule is CNCCC1CN(C(C)=O)C1. The molecule has 0 aliphatic carbocycles. The van der Waals surface area contributed by atoms with E-state index in [0.717, 1.165) is 25.6 Å². The molecule has 3 nitrogen and oxygen atoms in total. The van der Waals surface area contributed by atoms with Crippen LogP contribution in [0.3, 0.4) is 0 Å². The summed E-state index contributed by atoms with van der Waals surface area (Å²) in [5.41, 5.74) is 0. The molecule has 0 saturated carbocycles. The number of nitrogens with zero attached hydrogens (tertiary/aromatic N) is 1. The summed E-state index contributed by atoms with van der Waals surface area (Å²) < 4.78 is 0. The molecule has 0 aromatic rings. The first-order chi connectivity index (χ1) is 5.24. The summed E-state index contributed by atoms with van der Waals surface area (Å²) in [5.74, 6) is 0.956. The molecule has 1 aliphatic heterocycles. The predicted octanol–water partition coefficient (Wildman–Crippen LogP) is 0.0742. The fraction of sp³-hybridized carbons (Fsp3) is 0.875. The van der Waals surface area contributed by atoms with E-state index in [1.54, 1.807) is 6.92 Å². The van der Waals surface area contributed by atoms with Gasteiger partial charge in [-0.15, -0.1) is 0 Å². The van der Waals surface area contributed by atoms with Crippen molar-refractivity contribution in [1.82, 2.24) is 10.2 Å². The second-order valence-corrected chi connectivity index (χ2v) is 3.18. The molecule has 0 aromatic carbocycles. The van der Waals surface area contributed by atoms with E-state index in [9.17, 15) is 4.79 Å². The summed E-state index contributed by atoms with van der Waals surface area (Å²) in [4.78, 5) is 12.6. The highest BCUT2D eigenvalue weighted by atomic mass is 16.2. The molecule has 64 valence electrons. The molecule has 1 aliphatic rings. The van der Waals surface area contributed by atoms with Crippen LogP contribution in [-0.2, 0) is 4.79 Å². The van der Waals surface area contributed by atoms with Crippen LogP contribution >= 0.6 is 0 Å². The average Bonchev–Trinajstić information content (AvgIpc) is 1.84. The smallest absolute Gasteiger partial charge is 0.219 e. The highest BCUT2D eigenvalue weighted by molar-refractivity contribution is 5.74. The predicted molar refractivity (Wildman–Crippen MR) is 44.3 cm³/mol. The van der Waals surface area contributed by atoms with Gasteiger partial charge in [-0.25, -0.2) is 0 Å². The average molecular weight is 156 g/mol. The standard InChI is InChI=1S/C8H16N2O/c1-7(11)10-5-8(6-10)3-4-9-2/h8-9H,3-6H2,1-2H3. The normalized spacial score (nSPS) is 18.2. The Hall–Kier alpha value is -0.570. The Morgan fingerprint density at radius 1 is 1.64 bits per heavy atom. The first-order valence-corrected chi connectivity index (χ1v) is 4.14. The van der Waals surface area contributed by atoms with Crippen LogP contribution in [0, 0.1) is 5.92 Å². The Bertz CT molecular complexity index is 141. The van der Waals surface area contributed by atoms with Crippen molar-refractivity contribution >= 4 is 5.91 Å². The number of carbonyl (C=O) groups excluding carboxylic acids is 1. The summed E-state index contributed by atoms with van der Waals surface area (Å²) in [6.45, 7) is 4.64. The van der Waals surface area contributed by atoms with Gasteiger partial charge >= 0.3 is 0 Å². The van der Waals surface area contributed by atoms with Crippen molar-refractivity contribution in [3.05, 3.63) is 0 Å².